The lowest BCUT2D eigenvalue weighted by Gasteiger charge is -2.32. The lowest BCUT2D eigenvalue weighted by molar-refractivity contribution is -0.121. The molecule has 1 fully saturated rings. The lowest BCUT2D eigenvalue weighted by Crippen LogP contribution is -2.40. The second-order valence-corrected chi connectivity index (χ2v) is 8.47. The molecule has 0 radical (unpaired) electrons. The van der Waals surface area contributed by atoms with E-state index in [1.54, 1.807) is 17.5 Å². The van der Waals surface area contributed by atoms with Crippen LogP contribution < -0.4 is 5.32 Å². The van der Waals surface area contributed by atoms with Crippen molar-refractivity contribution in [3.63, 3.8) is 0 Å². The van der Waals surface area contributed by atoms with Crippen molar-refractivity contribution < 1.29 is 19.4 Å². The number of carbonyl (C=O) groups excluding carboxylic acids is 2. The molecular weight excluding hydrogens is 404 g/mol. The van der Waals surface area contributed by atoms with Gasteiger partial charge in [0.1, 0.15) is 12.7 Å². The van der Waals surface area contributed by atoms with Crippen LogP contribution in [0.2, 0.25) is 0 Å². The molecular formula is C21H22N4O4S. The van der Waals surface area contributed by atoms with E-state index in [0.717, 1.165) is 16.7 Å². The minimum atomic E-state index is -0.670. The summed E-state index contributed by atoms with van der Waals surface area (Å²) in [5.74, 6) is -0.498. The summed E-state index contributed by atoms with van der Waals surface area (Å²) in [6.07, 6.45) is 0.720. The van der Waals surface area contributed by atoms with Gasteiger partial charge in [-0.1, -0.05) is 6.07 Å². The second-order valence-electron chi connectivity index (χ2n) is 7.61. The summed E-state index contributed by atoms with van der Waals surface area (Å²) in [4.78, 5) is 30.3. The van der Waals surface area contributed by atoms with Gasteiger partial charge >= 0.3 is 5.97 Å². The number of cyclic esters (lactones) is 1. The number of carbonyl (C=O) groups is 2. The van der Waals surface area contributed by atoms with E-state index in [2.05, 4.69) is 15.2 Å². The van der Waals surface area contributed by atoms with Crippen LogP contribution in [0.4, 0.5) is 5.13 Å². The molecule has 0 saturated carbocycles. The number of amides is 1. The van der Waals surface area contributed by atoms with Gasteiger partial charge in [0.2, 0.25) is 5.91 Å². The third kappa shape index (κ3) is 4.07. The zero-order valence-corrected chi connectivity index (χ0v) is 17.4. The molecule has 2 aliphatic rings. The van der Waals surface area contributed by atoms with Crippen LogP contribution in [-0.2, 0) is 16.1 Å². The molecule has 1 amide bonds. The Morgan fingerprint density at radius 3 is 2.93 bits per heavy atom. The Balaban J connectivity index is 1.31. The minimum absolute atomic E-state index is 0.0758. The van der Waals surface area contributed by atoms with Crippen molar-refractivity contribution in [3.8, 4) is 6.07 Å². The Labute approximate surface area is 178 Å². The lowest BCUT2D eigenvalue weighted by atomic mass is 9.93. The third-order valence-corrected chi connectivity index (χ3v) is 6.56. The zero-order valence-electron chi connectivity index (χ0n) is 16.6. The Morgan fingerprint density at radius 1 is 1.47 bits per heavy atom. The van der Waals surface area contributed by atoms with Gasteiger partial charge in [0.05, 0.1) is 11.7 Å². The van der Waals surface area contributed by atoms with E-state index in [4.69, 9.17) is 10.00 Å². The highest BCUT2D eigenvalue weighted by Crippen LogP contribution is 2.30. The van der Waals surface area contributed by atoms with E-state index < -0.39 is 6.10 Å². The van der Waals surface area contributed by atoms with Crippen LogP contribution in [0.3, 0.4) is 0 Å². The Morgan fingerprint density at radius 2 is 2.23 bits per heavy atom. The van der Waals surface area contributed by atoms with Gasteiger partial charge in [0, 0.05) is 23.4 Å². The maximum Gasteiger partial charge on any atom is 0.338 e. The first-order chi connectivity index (χ1) is 14.5. The first kappa shape index (κ1) is 20.5. The SMILES string of the molecule is Cc1c([C@@H](O)CN2CCC(C(=O)Nc3nc(C#N)cs3)CC2)ccc2c1COC2=O. The molecule has 9 heteroatoms. The molecule has 3 heterocycles. The topological polar surface area (TPSA) is 116 Å². The van der Waals surface area contributed by atoms with Crippen molar-refractivity contribution in [1.82, 2.24) is 9.88 Å². The highest BCUT2D eigenvalue weighted by Gasteiger charge is 2.29. The van der Waals surface area contributed by atoms with E-state index in [-0.39, 0.29) is 24.4 Å². The Kier molecular flexibility index (Phi) is 5.81. The molecule has 4 rings (SSSR count). The number of thiazole rings is 1. The van der Waals surface area contributed by atoms with Gasteiger partial charge in [-0.3, -0.25) is 4.79 Å². The number of fused-ring (bicyclic) bond motifs is 1. The van der Waals surface area contributed by atoms with Crippen molar-refractivity contribution >= 4 is 28.3 Å². The predicted molar refractivity (Wildman–Crippen MR) is 110 cm³/mol. The number of esters is 1. The number of likely N-dealkylation sites (tertiary alicyclic amines) is 1. The molecule has 1 saturated heterocycles. The van der Waals surface area contributed by atoms with Crippen molar-refractivity contribution in [2.24, 2.45) is 5.92 Å². The molecule has 0 spiro atoms. The third-order valence-electron chi connectivity index (χ3n) is 5.81. The van der Waals surface area contributed by atoms with E-state index >= 15 is 0 Å². The van der Waals surface area contributed by atoms with Crippen molar-refractivity contribution in [2.45, 2.75) is 32.5 Å². The summed E-state index contributed by atoms with van der Waals surface area (Å²) < 4.78 is 5.08. The Bertz CT molecular complexity index is 1020. The number of piperidine rings is 1. The number of benzene rings is 1. The largest absolute Gasteiger partial charge is 0.457 e. The standard InChI is InChI=1S/C21H22N4O4S/c1-12-15(2-3-16-17(12)10-29-20(16)28)18(26)9-25-6-4-13(5-7-25)19(27)24-21-23-14(8-22)11-30-21/h2-3,11,13,18,26H,4-7,9-10H2,1H3,(H,23,24,27)/t18-/m0/s1. The summed E-state index contributed by atoms with van der Waals surface area (Å²) in [5, 5.41) is 24.4. The van der Waals surface area contributed by atoms with Crippen LogP contribution in [0, 0.1) is 24.2 Å². The molecule has 1 atom stereocenters. The molecule has 2 N–H and O–H groups in total. The Hall–Kier alpha value is -2.80. The molecule has 0 aliphatic carbocycles. The van der Waals surface area contributed by atoms with Gasteiger partial charge in [-0.25, -0.2) is 9.78 Å². The predicted octanol–water partition coefficient (Wildman–Crippen LogP) is 2.38. The first-order valence-electron chi connectivity index (χ1n) is 9.82. The molecule has 1 aromatic heterocycles. The number of anilines is 1. The molecule has 0 bridgehead atoms. The molecule has 8 nitrogen and oxygen atoms in total. The smallest absolute Gasteiger partial charge is 0.338 e. The minimum Gasteiger partial charge on any atom is -0.457 e. The van der Waals surface area contributed by atoms with E-state index in [1.807, 2.05) is 13.0 Å². The number of ether oxygens (including phenoxy) is 1. The van der Waals surface area contributed by atoms with Gasteiger partial charge in [-0.15, -0.1) is 11.3 Å². The average molecular weight is 426 g/mol. The number of nitrogens with one attached hydrogen (secondary N) is 1. The van der Waals surface area contributed by atoms with Crippen molar-refractivity contribution in [1.29, 1.82) is 5.26 Å². The molecule has 30 heavy (non-hydrogen) atoms. The van der Waals surface area contributed by atoms with Crippen LogP contribution in [-0.4, -0.2) is 46.5 Å². The summed E-state index contributed by atoms with van der Waals surface area (Å²) >= 11 is 1.24. The van der Waals surface area contributed by atoms with Gasteiger partial charge in [-0.2, -0.15) is 5.26 Å². The van der Waals surface area contributed by atoms with Crippen LogP contribution in [0.15, 0.2) is 17.5 Å². The van der Waals surface area contributed by atoms with E-state index in [9.17, 15) is 14.7 Å². The number of β-amino-alcohol motifs (C(OH)–C–C–N with tert-alkyl or cyclic N) is 1. The van der Waals surface area contributed by atoms with Gasteiger partial charge < -0.3 is 20.1 Å². The number of aliphatic hydroxyl groups excluding tert-OH is 1. The monoisotopic (exact) mass is 426 g/mol. The van der Waals surface area contributed by atoms with Gasteiger partial charge in [0.15, 0.2) is 10.8 Å². The van der Waals surface area contributed by atoms with Crippen LogP contribution in [0.1, 0.15) is 51.7 Å². The quantitative estimate of drug-likeness (QED) is 0.705. The summed E-state index contributed by atoms with van der Waals surface area (Å²) in [5.41, 5.74) is 3.45. The second kappa shape index (κ2) is 8.52. The average Bonchev–Trinajstić information content (AvgIpc) is 3.35. The summed E-state index contributed by atoms with van der Waals surface area (Å²) in [6.45, 7) is 4.06. The summed E-state index contributed by atoms with van der Waals surface area (Å²) in [6, 6.07) is 5.48. The van der Waals surface area contributed by atoms with E-state index in [0.29, 0.717) is 48.9 Å². The number of nitrogens with zero attached hydrogens (tertiary/aromatic N) is 3. The number of aliphatic hydroxyl groups is 1. The zero-order chi connectivity index (χ0) is 21.3. The number of rotatable bonds is 5. The highest BCUT2D eigenvalue weighted by atomic mass is 32.1. The maximum absolute atomic E-state index is 12.5. The molecule has 1 aromatic carbocycles. The van der Waals surface area contributed by atoms with Gasteiger partial charge in [-0.05, 0) is 50.0 Å². The normalized spacial score (nSPS) is 17.8. The number of aromatic nitrogens is 1. The fourth-order valence-electron chi connectivity index (χ4n) is 4.04. The van der Waals surface area contributed by atoms with Crippen LogP contribution in [0.25, 0.3) is 0 Å². The van der Waals surface area contributed by atoms with Gasteiger partial charge in [0.25, 0.3) is 0 Å². The fourth-order valence-corrected chi connectivity index (χ4v) is 4.68. The molecule has 156 valence electrons. The number of nitriles is 1. The van der Waals surface area contributed by atoms with Crippen molar-refractivity contribution in [3.05, 3.63) is 45.5 Å². The van der Waals surface area contributed by atoms with Crippen LogP contribution in [0.5, 0.6) is 0 Å². The van der Waals surface area contributed by atoms with Crippen LogP contribution >= 0.6 is 11.3 Å². The maximum atomic E-state index is 12.5. The van der Waals surface area contributed by atoms with Crippen molar-refractivity contribution in [2.75, 3.05) is 25.0 Å². The number of hydrogen-bond acceptors (Lipinski definition) is 8. The number of hydrogen-bond donors (Lipinski definition) is 2. The molecule has 0 unspecified atom stereocenters. The summed E-state index contributed by atoms with van der Waals surface area (Å²) in [7, 11) is 0. The molecule has 2 aromatic rings. The fraction of sp³-hybridized carbons (Fsp3) is 0.429. The highest BCUT2D eigenvalue weighted by molar-refractivity contribution is 7.14. The molecule has 2 aliphatic heterocycles. The van der Waals surface area contributed by atoms with E-state index in [1.165, 1.54) is 11.3 Å². The first-order valence-corrected chi connectivity index (χ1v) is 10.7.